The summed E-state index contributed by atoms with van der Waals surface area (Å²) in [6.07, 6.45) is 0. The second-order valence-electron chi connectivity index (χ2n) is 6.66. The Morgan fingerprint density at radius 2 is 1.73 bits per heavy atom. The predicted octanol–water partition coefficient (Wildman–Crippen LogP) is 1.67. The van der Waals surface area contributed by atoms with E-state index in [-0.39, 0.29) is 36.7 Å². The SMILES string of the molecule is CC(C(=O)N1CCN(C(=O)COc2ccc(Cl)cc2)CC1)C1CNC1.Cl. The number of carbonyl (C=O) groups is 2. The van der Waals surface area contributed by atoms with Crippen molar-refractivity contribution >= 4 is 35.8 Å². The maximum Gasteiger partial charge on any atom is 0.260 e. The van der Waals surface area contributed by atoms with Crippen LogP contribution >= 0.6 is 24.0 Å². The summed E-state index contributed by atoms with van der Waals surface area (Å²) < 4.78 is 5.50. The minimum atomic E-state index is -0.0571. The van der Waals surface area contributed by atoms with E-state index in [1.54, 1.807) is 29.2 Å². The summed E-state index contributed by atoms with van der Waals surface area (Å²) in [6.45, 7) is 6.16. The number of amides is 2. The summed E-state index contributed by atoms with van der Waals surface area (Å²) in [7, 11) is 0. The Kier molecular flexibility index (Phi) is 7.55. The zero-order valence-electron chi connectivity index (χ0n) is 14.8. The van der Waals surface area contributed by atoms with Crippen molar-refractivity contribution in [1.82, 2.24) is 15.1 Å². The molecule has 2 amide bonds. The van der Waals surface area contributed by atoms with Crippen molar-refractivity contribution in [2.75, 3.05) is 45.9 Å². The average molecular weight is 402 g/mol. The molecule has 1 N–H and O–H groups in total. The summed E-state index contributed by atoms with van der Waals surface area (Å²) in [5.74, 6) is 1.26. The van der Waals surface area contributed by atoms with Gasteiger partial charge in [-0.1, -0.05) is 18.5 Å². The first kappa shape index (κ1) is 20.8. The Balaban J connectivity index is 0.00000243. The second-order valence-corrected chi connectivity index (χ2v) is 7.09. The van der Waals surface area contributed by atoms with Gasteiger partial charge in [0.25, 0.3) is 5.91 Å². The molecule has 2 aliphatic heterocycles. The monoisotopic (exact) mass is 401 g/mol. The Hall–Kier alpha value is -1.50. The fourth-order valence-electron chi connectivity index (χ4n) is 3.10. The van der Waals surface area contributed by atoms with Crippen molar-refractivity contribution in [3.05, 3.63) is 29.3 Å². The molecule has 0 bridgehead atoms. The van der Waals surface area contributed by atoms with Gasteiger partial charge in [0.2, 0.25) is 5.91 Å². The number of hydrogen-bond donors (Lipinski definition) is 1. The maximum absolute atomic E-state index is 12.5. The molecule has 0 saturated carbocycles. The fourth-order valence-corrected chi connectivity index (χ4v) is 3.22. The van der Waals surface area contributed by atoms with E-state index in [0.29, 0.717) is 42.9 Å². The fraction of sp³-hybridized carbons (Fsp3) is 0.556. The zero-order chi connectivity index (χ0) is 17.8. The third kappa shape index (κ3) is 5.02. The first-order valence-corrected chi connectivity index (χ1v) is 9.08. The standard InChI is InChI=1S/C18H24ClN3O3.ClH/c1-13(14-10-20-11-14)18(24)22-8-6-21(7-9-22)17(23)12-25-16-4-2-15(19)3-5-16;/h2-5,13-14,20H,6-12H2,1H3;1H. The van der Waals surface area contributed by atoms with Crippen LogP contribution in [0.2, 0.25) is 5.02 Å². The van der Waals surface area contributed by atoms with E-state index in [9.17, 15) is 9.59 Å². The number of ether oxygens (including phenoxy) is 1. The van der Waals surface area contributed by atoms with Crippen LogP contribution in [0.3, 0.4) is 0 Å². The second kappa shape index (κ2) is 9.44. The molecular formula is C18H25Cl2N3O3. The van der Waals surface area contributed by atoms with Crippen LogP contribution in [0.1, 0.15) is 6.92 Å². The highest BCUT2D eigenvalue weighted by Gasteiger charge is 2.33. The first-order valence-electron chi connectivity index (χ1n) is 8.70. The minimum absolute atomic E-state index is 0. The van der Waals surface area contributed by atoms with Crippen molar-refractivity contribution in [1.29, 1.82) is 0 Å². The number of halogens is 2. The van der Waals surface area contributed by atoms with Crippen molar-refractivity contribution in [3.63, 3.8) is 0 Å². The lowest BCUT2D eigenvalue weighted by molar-refractivity contribution is -0.144. The van der Waals surface area contributed by atoms with Gasteiger partial charge < -0.3 is 19.9 Å². The van der Waals surface area contributed by atoms with E-state index in [1.165, 1.54) is 0 Å². The Labute approximate surface area is 165 Å². The smallest absolute Gasteiger partial charge is 0.260 e. The van der Waals surface area contributed by atoms with Gasteiger partial charge in [-0.25, -0.2) is 0 Å². The van der Waals surface area contributed by atoms with Gasteiger partial charge in [-0.15, -0.1) is 12.4 Å². The number of piperazine rings is 1. The lowest BCUT2D eigenvalue weighted by Crippen LogP contribution is -2.55. The Morgan fingerprint density at radius 3 is 2.27 bits per heavy atom. The van der Waals surface area contributed by atoms with Crippen molar-refractivity contribution in [3.8, 4) is 5.75 Å². The average Bonchev–Trinajstić information content (AvgIpc) is 2.59. The summed E-state index contributed by atoms with van der Waals surface area (Å²) in [5.41, 5.74) is 0. The molecule has 2 fully saturated rings. The topological polar surface area (TPSA) is 61.9 Å². The highest BCUT2D eigenvalue weighted by atomic mass is 35.5. The Bertz CT molecular complexity index is 615. The maximum atomic E-state index is 12.5. The van der Waals surface area contributed by atoms with Gasteiger partial charge >= 0.3 is 0 Å². The van der Waals surface area contributed by atoms with Crippen LogP contribution in [-0.4, -0.2) is 67.5 Å². The number of benzene rings is 1. The predicted molar refractivity (Wildman–Crippen MR) is 103 cm³/mol. The van der Waals surface area contributed by atoms with Crippen LogP contribution in [0, 0.1) is 11.8 Å². The third-order valence-electron chi connectivity index (χ3n) is 5.03. The molecule has 2 aliphatic rings. The van der Waals surface area contributed by atoms with Gasteiger partial charge in [-0.05, 0) is 43.3 Å². The van der Waals surface area contributed by atoms with E-state index in [0.717, 1.165) is 13.1 Å². The molecule has 0 aliphatic carbocycles. The summed E-state index contributed by atoms with van der Waals surface area (Å²) in [4.78, 5) is 28.4. The molecule has 2 heterocycles. The lowest BCUT2D eigenvalue weighted by atomic mass is 9.88. The van der Waals surface area contributed by atoms with Crippen molar-refractivity contribution < 1.29 is 14.3 Å². The van der Waals surface area contributed by atoms with E-state index in [1.807, 2.05) is 11.8 Å². The van der Waals surface area contributed by atoms with Crippen LogP contribution in [0.15, 0.2) is 24.3 Å². The van der Waals surface area contributed by atoms with Crippen molar-refractivity contribution in [2.24, 2.45) is 11.8 Å². The molecule has 1 aromatic carbocycles. The van der Waals surface area contributed by atoms with Crippen LogP contribution in [0.4, 0.5) is 0 Å². The molecule has 2 saturated heterocycles. The van der Waals surface area contributed by atoms with Crippen molar-refractivity contribution in [2.45, 2.75) is 6.92 Å². The van der Waals surface area contributed by atoms with Crippen LogP contribution < -0.4 is 10.1 Å². The van der Waals surface area contributed by atoms with Gasteiger partial charge in [-0.2, -0.15) is 0 Å². The number of nitrogens with zero attached hydrogens (tertiary/aromatic N) is 2. The third-order valence-corrected chi connectivity index (χ3v) is 5.28. The first-order chi connectivity index (χ1) is 12.0. The lowest BCUT2D eigenvalue weighted by Gasteiger charge is -2.39. The number of hydrogen-bond acceptors (Lipinski definition) is 4. The molecule has 6 nitrogen and oxygen atoms in total. The molecule has 1 atom stereocenters. The molecule has 1 aromatic rings. The van der Waals surface area contributed by atoms with E-state index in [4.69, 9.17) is 16.3 Å². The normalized spacial score (nSPS) is 18.5. The molecule has 144 valence electrons. The van der Waals surface area contributed by atoms with Crippen LogP contribution in [0.5, 0.6) is 5.75 Å². The van der Waals surface area contributed by atoms with Crippen LogP contribution in [0.25, 0.3) is 0 Å². The highest BCUT2D eigenvalue weighted by Crippen LogP contribution is 2.19. The zero-order valence-corrected chi connectivity index (χ0v) is 16.4. The summed E-state index contributed by atoms with van der Waals surface area (Å²) >= 11 is 5.82. The van der Waals surface area contributed by atoms with Gasteiger partial charge in [0.15, 0.2) is 6.61 Å². The summed E-state index contributed by atoms with van der Waals surface area (Å²) in [5, 5.41) is 3.84. The number of rotatable bonds is 5. The molecule has 26 heavy (non-hydrogen) atoms. The molecule has 8 heteroatoms. The largest absolute Gasteiger partial charge is 0.484 e. The van der Waals surface area contributed by atoms with E-state index in [2.05, 4.69) is 5.32 Å². The van der Waals surface area contributed by atoms with Gasteiger partial charge in [0.1, 0.15) is 5.75 Å². The molecule has 0 radical (unpaired) electrons. The van der Waals surface area contributed by atoms with Crippen LogP contribution in [-0.2, 0) is 9.59 Å². The summed E-state index contributed by atoms with van der Waals surface area (Å²) in [6, 6.07) is 6.93. The number of nitrogens with one attached hydrogen (secondary N) is 1. The van der Waals surface area contributed by atoms with Gasteiger partial charge in [-0.3, -0.25) is 9.59 Å². The van der Waals surface area contributed by atoms with E-state index < -0.39 is 0 Å². The Morgan fingerprint density at radius 1 is 1.15 bits per heavy atom. The number of carbonyl (C=O) groups excluding carboxylic acids is 2. The molecular weight excluding hydrogens is 377 g/mol. The highest BCUT2D eigenvalue weighted by molar-refractivity contribution is 6.30. The minimum Gasteiger partial charge on any atom is -0.484 e. The molecule has 3 rings (SSSR count). The molecule has 0 aromatic heterocycles. The molecule has 0 spiro atoms. The van der Waals surface area contributed by atoms with E-state index >= 15 is 0 Å². The molecule has 1 unspecified atom stereocenters. The van der Waals surface area contributed by atoms with Gasteiger partial charge in [0.05, 0.1) is 0 Å². The quantitative estimate of drug-likeness (QED) is 0.814. The van der Waals surface area contributed by atoms with Gasteiger partial charge in [0, 0.05) is 37.1 Å².